The molecule has 0 aromatic heterocycles. The zero-order chi connectivity index (χ0) is 20.8. The number of halogens is 2. The van der Waals surface area contributed by atoms with Crippen molar-refractivity contribution in [3.05, 3.63) is 29.0 Å². The highest BCUT2D eigenvalue weighted by Gasteiger charge is 2.43. The second-order valence-electron chi connectivity index (χ2n) is 8.12. The molecule has 0 saturated carbocycles. The van der Waals surface area contributed by atoms with Gasteiger partial charge in [-0.25, -0.2) is 17.6 Å². The molecule has 3 atom stereocenters. The molecule has 1 aromatic carbocycles. The minimum atomic E-state index is -4.05. The lowest BCUT2D eigenvalue weighted by atomic mass is 10.0. The number of benzene rings is 1. The summed E-state index contributed by atoms with van der Waals surface area (Å²) < 4.78 is 41.3. The van der Waals surface area contributed by atoms with Gasteiger partial charge in [-0.15, -0.1) is 0 Å². The monoisotopic (exact) mass is 445 g/mol. The molecule has 4 rings (SSSR count). The van der Waals surface area contributed by atoms with E-state index in [0.29, 0.717) is 25.7 Å². The molecule has 3 fully saturated rings. The summed E-state index contributed by atoms with van der Waals surface area (Å²) in [7, 11) is -4.05. The van der Waals surface area contributed by atoms with Crippen LogP contribution in [0, 0.1) is 5.82 Å². The van der Waals surface area contributed by atoms with Crippen LogP contribution in [0.4, 0.5) is 9.18 Å². The maximum atomic E-state index is 14.3. The Morgan fingerprint density at radius 3 is 2.59 bits per heavy atom. The lowest BCUT2D eigenvalue weighted by Gasteiger charge is -2.39. The van der Waals surface area contributed by atoms with E-state index in [1.165, 1.54) is 22.5 Å². The molecule has 0 aliphatic carbocycles. The van der Waals surface area contributed by atoms with Crippen LogP contribution < -0.4 is 5.32 Å². The van der Waals surface area contributed by atoms with Gasteiger partial charge in [-0.3, -0.25) is 0 Å². The van der Waals surface area contributed by atoms with E-state index in [2.05, 4.69) is 5.32 Å². The van der Waals surface area contributed by atoms with Crippen LogP contribution in [0.1, 0.15) is 38.5 Å². The second-order valence-corrected chi connectivity index (χ2v) is 10.4. The van der Waals surface area contributed by atoms with Crippen molar-refractivity contribution in [1.82, 2.24) is 14.5 Å². The van der Waals surface area contributed by atoms with E-state index in [1.807, 2.05) is 4.90 Å². The van der Waals surface area contributed by atoms with E-state index >= 15 is 0 Å². The summed E-state index contributed by atoms with van der Waals surface area (Å²) in [6.07, 6.45) is 3.80. The number of aliphatic hydroxyl groups excluding tert-OH is 1. The zero-order valence-electron chi connectivity index (χ0n) is 15.9. The number of urea groups is 1. The normalized spacial score (nSPS) is 30.4. The van der Waals surface area contributed by atoms with E-state index < -0.39 is 20.7 Å². The lowest BCUT2D eigenvalue weighted by molar-refractivity contribution is 0.0528. The van der Waals surface area contributed by atoms with Crippen LogP contribution in [0.3, 0.4) is 0 Å². The van der Waals surface area contributed by atoms with Crippen molar-refractivity contribution in [2.75, 3.05) is 13.1 Å². The number of hydrogen-bond donors (Lipinski definition) is 2. The molecular weight excluding hydrogens is 421 g/mol. The average molecular weight is 446 g/mol. The molecule has 3 heterocycles. The summed E-state index contributed by atoms with van der Waals surface area (Å²) >= 11 is 5.75. The van der Waals surface area contributed by atoms with Gasteiger partial charge in [-0.1, -0.05) is 17.7 Å². The van der Waals surface area contributed by atoms with Crippen molar-refractivity contribution in [3.8, 4) is 0 Å². The summed E-state index contributed by atoms with van der Waals surface area (Å²) in [5, 5.41) is 12.6. The van der Waals surface area contributed by atoms with Gasteiger partial charge in [0.1, 0.15) is 4.90 Å². The van der Waals surface area contributed by atoms with Gasteiger partial charge in [-0.2, -0.15) is 4.31 Å². The Bertz CT molecular complexity index is 885. The third kappa shape index (κ3) is 3.97. The highest BCUT2D eigenvalue weighted by molar-refractivity contribution is 7.89. The minimum Gasteiger partial charge on any atom is -0.393 e. The first-order valence-corrected chi connectivity index (χ1v) is 11.8. The Hall–Kier alpha value is -1.42. The molecule has 29 heavy (non-hydrogen) atoms. The molecule has 160 valence electrons. The van der Waals surface area contributed by atoms with E-state index in [-0.39, 0.29) is 48.4 Å². The van der Waals surface area contributed by atoms with Crippen molar-refractivity contribution in [2.24, 2.45) is 0 Å². The first kappa shape index (κ1) is 20.8. The SMILES string of the molecule is O=C(N[C@H]1CCCN(S(=O)(=O)c2cccc(Cl)c2F)C1)N1[C@H]2CC[C@H]1CC(O)C2. The molecule has 3 aliphatic rings. The van der Waals surface area contributed by atoms with Crippen LogP contribution in [-0.4, -0.2) is 66.1 Å². The Morgan fingerprint density at radius 1 is 1.21 bits per heavy atom. The Morgan fingerprint density at radius 2 is 1.90 bits per heavy atom. The summed E-state index contributed by atoms with van der Waals surface area (Å²) in [5.41, 5.74) is 0. The number of piperidine rings is 2. The molecule has 7 nitrogen and oxygen atoms in total. The predicted molar refractivity (Wildman–Crippen MR) is 106 cm³/mol. The molecule has 2 bridgehead atoms. The average Bonchev–Trinajstić information content (AvgIpc) is 2.95. The zero-order valence-corrected chi connectivity index (χ0v) is 17.5. The van der Waals surface area contributed by atoms with Gasteiger partial charge in [0.05, 0.1) is 11.1 Å². The van der Waals surface area contributed by atoms with Gasteiger partial charge in [0, 0.05) is 31.2 Å². The fraction of sp³-hybridized carbons (Fsp3) is 0.632. The molecule has 0 unspecified atom stereocenters. The minimum absolute atomic E-state index is 0.0349. The highest BCUT2D eigenvalue weighted by Crippen LogP contribution is 2.36. The van der Waals surface area contributed by atoms with Gasteiger partial charge < -0.3 is 15.3 Å². The Kier molecular flexibility index (Phi) is 5.76. The molecule has 0 radical (unpaired) electrons. The molecule has 10 heteroatoms. The van der Waals surface area contributed by atoms with E-state index in [0.717, 1.165) is 12.8 Å². The maximum absolute atomic E-state index is 14.3. The summed E-state index contributed by atoms with van der Waals surface area (Å²) in [5.74, 6) is -0.955. The number of hydrogen-bond acceptors (Lipinski definition) is 4. The van der Waals surface area contributed by atoms with E-state index in [4.69, 9.17) is 11.6 Å². The van der Waals surface area contributed by atoms with Gasteiger partial charge >= 0.3 is 6.03 Å². The number of amides is 2. The number of carbonyl (C=O) groups excluding carboxylic acids is 1. The molecule has 1 aromatic rings. The summed E-state index contributed by atoms with van der Waals surface area (Å²) in [4.78, 5) is 14.2. The van der Waals surface area contributed by atoms with Crippen molar-refractivity contribution in [2.45, 2.75) is 67.6 Å². The first-order valence-electron chi connectivity index (χ1n) is 9.98. The maximum Gasteiger partial charge on any atom is 0.318 e. The third-order valence-electron chi connectivity index (χ3n) is 6.19. The van der Waals surface area contributed by atoms with E-state index in [1.54, 1.807) is 0 Å². The molecular formula is C19H25ClFN3O4S. The largest absolute Gasteiger partial charge is 0.393 e. The topological polar surface area (TPSA) is 90.0 Å². The van der Waals surface area contributed by atoms with Gasteiger partial charge in [0.25, 0.3) is 0 Å². The fourth-order valence-corrected chi connectivity index (χ4v) is 6.67. The number of carbonyl (C=O) groups is 1. The molecule has 2 N–H and O–H groups in total. The van der Waals surface area contributed by atoms with Gasteiger partial charge in [0.2, 0.25) is 10.0 Å². The van der Waals surface area contributed by atoms with Crippen LogP contribution >= 0.6 is 11.6 Å². The van der Waals surface area contributed by atoms with Crippen molar-refractivity contribution in [3.63, 3.8) is 0 Å². The quantitative estimate of drug-likeness (QED) is 0.747. The lowest BCUT2D eigenvalue weighted by Crippen LogP contribution is -2.57. The number of nitrogens with zero attached hydrogens (tertiary/aromatic N) is 2. The van der Waals surface area contributed by atoms with Crippen LogP contribution in [0.2, 0.25) is 5.02 Å². The Balaban J connectivity index is 1.45. The van der Waals surface area contributed by atoms with Gasteiger partial charge in [-0.05, 0) is 50.7 Å². The second kappa shape index (κ2) is 8.02. The number of sulfonamides is 1. The Labute approximate surface area is 174 Å². The van der Waals surface area contributed by atoms with Crippen LogP contribution in [-0.2, 0) is 10.0 Å². The molecule has 3 saturated heterocycles. The van der Waals surface area contributed by atoms with Crippen molar-refractivity contribution >= 4 is 27.7 Å². The number of rotatable bonds is 3. The smallest absolute Gasteiger partial charge is 0.318 e. The summed E-state index contributed by atoms with van der Waals surface area (Å²) in [6.45, 7) is 0.355. The molecule has 3 aliphatic heterocycles. The summed E-state index contributed by atoms with van der Waals surface area (Å²) in [6, 6.07) is 3.43. The molecule has 2 amide bonds. The number of nitrogens with one attached hydrogen (secondary N) is 1. The highest BCUT2D eigenvalue weighted by atomic mass is 35.5. The van der Waals surface area contributed by atoms with Gasteiger partial charge in [0.15, 0.2) is 5.82 Å². The van der Waals surface area contributed by atoms with Crippen LogP contribution in [0.5, 0.6) is 0 Å². The van der Waals surface area contributed by atoms with Crippen LogP contribution in [0.15, 0.2) is 23.1 Å². The van der Waals surface area contributed by atoms with Crippen LogP contribution in [0.25, 0.3) is 0 Å². The number of fused-ring (bicyclic) bond motifs is 2. The predicted octanol–water partition coefficient (Wildman–Crippen LogP) is 2.33. The first-order chi connectivity index (χ1) is 13.8. The van der Waals surface area contributed by atoms with Crippen molar-refractivity contribution in [1.29, 1.82) is 0 Å². The fourth-order valence-electron chi connectivity index (χ4n) is 4.83. The third-order valence-corrected chi connectivity index (χ3v) is 8.36. The standard InChI is InChI=1S/C19H25ClFN3O4S/c20-16-4-1-5-17(18(16)21)29(27,28)23-8-2-3-12(11-23)22-19(26)24-13-6-7-14(24)10-15(25)9-13/h1,4-5,12-15,25H,2-3,6-11H2,(H,22,26)/t12-,13-,14-/m0/s1. The molecule has 0 spiro atoms. The van der Waals surface area contributed by atoms with Crippen molar-refractivity contribution < 1.29 is 22.7 Å². The number of aliphatic hydroxyl groups is 1. The van der Waals surface area contributed by atoms with E-state index in [9.17, 15) is 22.7 Å².